The lowest BCUT2D eigenvalue weighted by Gasteiger charge is -2.26. The molecule has 5 nitrogen and oxygen atoms in total. The minimum Gasteiger partial charge on any atom is -0.379 e. The van der Waals surface area contributed by atoms with Crippen molar-refractivity contribution in [2.75, 3.05) is 45.9 Å². The summed E-state index contributed by atoms with van der Waals surface area (Å²) in [7, 11) is 0. The Kier molecular flexibility index (Phi) is 4.72. The van der Waals surface area contributed by atoms with Crippen LogP contribution in [0.3, 0.4) is 0 Å². The van der Waals surface area contributed by atoms with Gasteiger partial charge in [0.1, 0.15) is 0 Å². The van der Waals surface area contributed by atoms with Gasteiger partial charge in [-0.1, -0.05) is 29.8 Å². The first-order valence-corrected chi connectivity index (χ1v) is 7.73. The molecule has 1 saturated heterocycles. The molecule has 21 heavy (non-hydrogen) atoms. The second kappa shape index (κ2) is 6.91. The number of ether oxygens (including phenoxy) is 1. The first-order chi connectivity index (χ1) is 10.3. The summed E-state index contributed by atoms with van der Waals surface area (Å²) in [5.74, 6) is 0.925. The zero-order chi connectivity index (χ0) is 14.5. The van der Waals surface area contributed by atoms with Gasteiger partial charge in [-0.05, 0) is 12.5 Å². The van der Waals surface area contributed by atoms with Crippen molar-refractivity contribution in [3.05, 3.63) is 35.4 Å². The maximum Gasteiger partial charge on any atom is 0.191 e. The van der Waals surface area contributed by atoms with E-state index in [9.17, 15) is 0 Å². The van der Waals surface area contributed by atoms with Gasteiger partial charge in [0.15, 0.2) is 5.96 Å². The van der Waals surface area contributed by atoms with E-state index in [1.165, 1.54) is 11.1 Å². The van der Waals surface area contributed by atoms with Crippen molar-refractivity contribution in [2.45, 2.75) is 13.0 Å². The molecule has 1 aromatic rings. The summed E-state index contributed by atoms with van der Waals surface area (Å²) < 4.78 is 5.35. The molecule has 0 saturated carbocycles. The number of rotatable bonds is 4. The molecule has 1 atom stereocenters. The molecule has 1 fully saturated rings. The predicted molar refractivity (Wildman–Crippen MR) is 84.6 cm³/mol. The summed E-state index contributed by atoms with van der Waals surface area (Å²) in [6, 6.07) is 8.97. The molecule has 0 spiro atoms. The maximum absolute atomic E-state index is 5.35. The van der Waals surface area contributed by atoms with Crippen LogP contribution in [0.4, 0.5) is 0 Å². The Bertz CT molecular complexity index is 480. The molecule has 0 aromatic heterocycles. The van der Waals surface area contributed by atoms with E-state index in [4.69, 9.17) is 4.74 Å². The Hall–Kier alpha value is -1.59. The fourth-order valence-electron chi connectivity index (χ4n) is 2.69. The maximum atomic E-state index is 5.35. The van der Waals surface area contributed by atoms with Crippen LogP contribution in [-0.4, -0.2) is 56.8 Å². The van der Waals surface area contributed by atoms with Crippen LogP contribution in [-0.2, 0) is 4.74 Å². The van der Waals surface area contributed by atoms with Gasteiger partial charge in [-0.3, -0.25) is 9.89 Å². The average Bonchev–Trinajstić information content (AvgIpc) is 2.98. The third-order valence-electron chi connectivity index (χ3n) is 4.05. The van der Waals surface area contributed by atoms with Crippen LogP contribution in [0.25, 0.3) is 0 Å². The Morgan fingerprint density at radius 1 is 1.29 bits per heavy atom. The van der Waals surface area contributed by atoms with Gasteiger partial charge < -0.3 is 15.4 Å². The summed E-state index contributed by atoms with van der Waals surface area (Å²) in [5, 5.41) is 6.86. The Balaban J connectivity index is 1.40. The summed E-state index contributed by atoms with van der Waals surface area (Å²) in [6.07, 6.45) is 0. The minimum absolute atomic E-state index is 0.302. The van der Waals surface area contributed by atoms with E-state index < -0.39 is 0 Å². The summed E-state index contributed by atoms with van der Waals surface area (Å²) >= 11 is 0. The lowest BCUT2D eigenvalue weighted by Crippen LogP contribution is -2.43. The molecule has 0 amide bonds. The number of benzene rings is 1. The number of aliphatic imine (C=N–C) groups is 1. The first-order valence-electron chi connectivity index (χ1n) is 7.73. The number of morpholine rings is 1. The zero-order valence-corrected chi connectivity index (χ0v) is 12.6. The van der Waals surface area contributed by atoms with Gasteiger partial charge in [0, 0.05) is 26.2 Å². The molecule has 1 aromatic carbocycles. The monoisotopic (exact) mass is 288 g/mol. The largest absolute Gasteiger partial charge is 0.379 e. The molecule has 5 heteroatoms. The number of hydrogen-bond acceptors (Lipinski definition) is 5. The van der Waals surface area contributed by atoms with E-state index in [1.54, 1.807) is 0 Å². The third-order valence-corrected chi connectivity index (χ3v) is 4.05. The van der Waals surface area contributed by atoms with E-state index in [0.717, 1.165) is 51.9 Å². The number of aryl methyl sites for hydroxylation is 1. The Morgan fingerprint density at radius 3 is 2.81 bits per heavy atom. The highest BCUT2D eigenvalue weighted by molar-refractivity contribution is 5.82. The molecule has 0 radical (unpaired) electrons. The van der Waals surface area contributed by atoms with E-state index in [2.05, 4.69) is 51.7 Å². The van der Waals surface area contributed by atoms with Gasteiger partial charge in [-0.25, -0.2) is 0 Å². The van der Waals surface area contributed by atoms with Crippen molar-refractivity contribution in [1.82, 2.24) is 15.5 Å². The van der Waals surface area contributed by atoms with Crippen LogP contribution in [0.2, 0.25) is 0 Å². The topological polar surface area (TPSA) is 48.9 Å². The van der Waals surface area contributed by atoms with Crippen LogP contribution >= 0.6 is 0 Å². The average molecular weight is 288 g/mol. The van der Waals surface area contributed by atoms with Crippen molar-refractivity contribution in [3.63, 3.8) is 0 Å². The number of nitrogens with zero attached hydrogens (tertiary/aromatic N) is 2. The second-order valence-electron chi connectivity index (χ2n) is 5.68. The van der Waals surface area contributed by atoms with Crippen molar-refractivity contribution < 1.29 is 4.74 Å². The highest BCUT2D eigenvalue weighted by Gasteiger charge is 2.19. The van der Waals surface area contributed by atoms with Crippen molar-refractivity contribution in [2.24, 2.45) is 4.99 Å². The smallest absolute Gasteiger partial charge is 0.191 e. The van der Waals surface area contributed by atoms with Crippen LogP contribution in [0, 0.1) is 6.92 Å². The quantitative estimate of drug-likeness (QED) is 0.865. The molecule has 0 aliphatic carbocycles. The molecule has 2 heterocycles. The third kappa shape index (κ3) is 3.95. The molecule has 2 aliphatic heterocycles. The Labute approximate surface area is 126 Å². The van der Waals surface area contributed by atoms with Gasteiger partial charge in [-0.15, -0.1) is 0 Å². The van der Waals surface area contributed by atoms with Crippen LogP contribution < -0.4 is 10.6 Å². The van der Waals surface area contributed by atoms with Gasteiger partial charge in [0.25, 0.3) is 0 Å². The second-order valence-corrected chi connectivity index (χ2v) is 5.68. The predicted octanol–water partition coefficient (Wildman–Crippen LogP) is 0.917. The van der Waals surface area contributed by atoms with E-state index in [-0.39, 0.29) is 0 Å². The van der Waals surface area contributed by atoms with Crippen molar-refractivity contribution >= 4 is 5.96 Å². The van der Waals surface area contributed by atoms with Gasteiger partial charge in [0.05, 0.1) is 25.8 Å². The van der Waals surface area contributed by atoms with E-state index >= 15 is 0 Å². The van der Waals surface area contributed by atoms with Crippen molar-refractivity contribution in [1.29, 1.82) is 0 Å². The Morgan fingerprint density at radius 2 is 2.05 bits per heavy atom. The van der Waals surface area contributed by atoms with Gasteiger partial charge in [-0.2, -0.15) is 0 Å². The highest BCUT2D eigenvalue weighted by Crippen LogP contribution is 2.17. The van der Waals surface area contributed by atoms with Crippen LogP contribution in [0.15, 0.2) is 29.3 Å². The zero-order valence-electron chi connectivity index (χ0n) is 12.6. The normalized spacial score (nSPS) is 22.7. The number of hydrogen-bond donors (Lipinski definition) is 2. The molecule has 2 aliphatic rings. The van der Waals surface area contributed by atoms with Gasteiger partial charge in [0.2, 0.25) is 0 Å². The highest BCUT2D eigenvalue weighted by atomic mass is 16.5. The van der Waals surface area contributed by atoms with E-state index in [0.29, 0.717) is 6.04 Å². The van der Waals surface area contributed by atoms with Crippen LogP contribution in [0.1, 0.15) is 17.2 Å². The van der Waals surface area contributed by atoms with Gasteiger partial charge >= 0.3 is 0 Å². The SMILES string of the molecule is Cc1ccc(C2CN=C(NCCN3CCOCC3)N2)cc1. The van der Waals surface area contributed by atoms with E-state index in [1.807, 2.05) is 0 Å². The molecule has 1 unspecified atom stereocenters. The first kappa shape index (κ1) is 14.4. The summed E-state index contributed by atoms with van der Waals surface area (Å²) in [5.41, 5.74) is 2.59. The molecule has 114 valence electrons. The standard InChI is InChI=1S/C16H24N4O/c1-13-2-4-14(5-3-13)15-12-18-16(19-15)17-6-7-20-8-10-21-11-9-20/h2-5,15H,6-12H2,1H3,(H2,17,18,19). The summed E-state index contributed by atoms with van der Waals surface area (Å²) in [4.78, 5) is 6.97. The molecular weight excluding hydrogens is 264 g/mol. The van der Waals surface area contributed by atoms with Crippen molar-refractivity contribution in [3.8, 4) is 0 Å². The van der Waals surface area contributed by atoms with Crippen LogP contribution in [0.5, 0.6) is 0 Å². The number of nitrogens with one attached hydrogen (secondary N) is 2. The number of guanidine groups is 1. The lowest BCUT2D eigenvalue weighted by atomic mass is 10.1. The molecule has 3 rings (SSSR count). The fraction of sp³-hybridized carbons (Fsp3) is 0.562. The molecular formula is C16H24N4O. The summed E-state index contributed by atoms with van der Waals surface area (Å²) in [6.45, 7) is 8.67. The lowest BCUT2D eigenvalue weighted by molar-refractivity contribution is 0.0389. The molecule has 0 bridgehead atoms. The molecule has 2 N–H and O–H groups in total. The fourth-order valence-corrected chi connectivity index (χ4v) is 2.69. The minimum atomic E-state index is 0.302.